The molecule has 1 saturated carbocycles. The van der Waals surface area contributed by atoms with Gasteiger partial charge in [-0.2, -0.15) is 0 Å². The third-order valence-electron chi connectivity index (χ3n) is 4.00. The second kappa shape index (κ2) is 6.86. The average Bonchev–Trinajstić information content (AvgIpc) is 2.44. The molecule has 0 aliphatic heterocycles. The number of amides is 1. The first-order valence-electron chi connectivity index (χ1n) is 7.35. The minimum atomic E-state index is -0.639. The van der Waals surface area contributed by atoms with Crippen LogP contribution in [0.5, 0.6) is 0 Å². The third-order valence-corrected chi connectivity index (χ3v) is 4.00. The van der Waals surface area contributed by atoms with E-state index in [0.29, 0.717) is 12.5 Å². The number of benzene rings is 1. The van der Waals surface area contributed by atoms with Crippen molar-refractivity contribution in [1.82, 2.24) is 5.32 Å². The van der Waals surface area contributed by atoms with Crippen molar-refractivity contribution in [2.75, 3.05) is 18.4 Å². The summed E-state index contributed by atoms with van der Waals surface area (Å²) in [5, 5.41) is 16.3. The summed E-state index contributed by atoms with van der Waals surface area (Å²) in [7, 11) is 0. The van der Waals surface area contributed by atoms with Gasteiger partial charge in [-0.1, -0.05) is 25.1 Å². The maximum Gasteiger partial charge on any atom is 0.238 e. The Morgan fingerprint density at radius 3 is 2.60 bits per heavy atom. The molecule has 110 valence electrons. The predicted octanol–water partition coefficient (Wildman–Crippen LogP) is 2.16. The van der Waals surface area contributed by atoms with Crippen LogP contribution in [0.3, 0.4) is 0 Å². The van der Waals surface area contributed by atoms with Crippen molar-refractivity contribution in [3.8, 4) is 0 Å². The third kappa shape index (κ3) is 4.62. The fourth-order valence-corrected chi connectivity index (χ4v) is 2.61. The highest BCUT2D eigenvalue weighted by atomic mass is 16.3. The number of carbonyl (C=O) groups excluding carboxylic acids is 1. The van der Waals surface area contributed by atoms with Gasteiger partial charge >= 0.3 is 0 Å². The summed E-state index contributed by atoms with van der Waals surface area (Å²) in [6.07, 6.45) is 3.77. The van der Waals surface area contributed by atoms with Gasteiger partial charge < -0.3 is 15.7 Å². The molecular weight excluding hydrogens is 252 g/mol. The van der Waals surface area contributed by atoms with Crippen molar-refractivity contribution in [1.29, 1.82) is 0 Å². The zero-order valence-electron chi connectivity index (χ0n) is 12.1. The Morgan fingerprint density at radius 1 is 1.30 bits per heavy atom. The summed E-state index contributed by atoms with van der Waals surface area (Å²) in [6, 6.07) is 9.39. The van der Waals surface area contributed by atoms with Gasteiger partial charge in [0.2, 0.25) is 5.91 Å². The molecule has 0 heterocycles. The van der Waals surface area contributed by atoms with E-state index in [4.69, 9.17) is 0 Å². The molecule has 0 saturated heterocycles. The van der Waals surface area contributed by atoms with E-state index >= 15 is 0 Å². The lowest BCUT2D eigenvalue weighted by atomic mass is 9.79. The average molecular weight is 276 g/mol. The fourth-order valence-electron chi connectivity index (χ4n) is 2.61. The van der Waals surface area contributed by atoms with Gasteiger partial charge in [0.1, 0.15) is 0 Å². The molecule has 1 aromatic rings. The first-order valence-corrected chi connectivity index (χ1v) is 7.35. The van der Waals surface area contributed by atoms with Crippen molar-refractivity contribution in [2.45, 2.75) is 38.2 Å². The Kier molecular flexibility index (Phi) is 5.15. The molecule has 1 fully saturated rings. The molecule has 1 amide bonds. The lowest BCUT2D eigenvalue weighted by Crippen LogP contribution is -2.45. The quantitative estimate of drug-likeness (QED) is 0.772. The van der Waals surface area contributed by atoms with Crippen LogP contribution in [0, 0.1) is 5.92 Å². The minimum Gasteiger partial charge on any atom is -0.389 e. The van der Waals surface area contributed by atoms with E-state index in [1.165, 1.54) is 0 Å². The predicted molar refractivity (Wildman–Crippen MR) is 80.5 cm³/mol. The monoisotopic (exact) mass is 276 g/mol. The molecule has 4 nitrogen and oxygen atoms in total. The molecule has 0 radical (unpaired) electrons. The van der Waals surface area contributed by atoms with Gasteiger partial charge in [-0.25, -0.2) is 0 Å². The number of aliphatic hydroxyl groups is 1. The van der Waals surface area contributed by atoms with Gasteiger partial charge in [-0.3, -0.25) is 4.79 Å². The summed E-state index contributed by atoms with van der Waals surface area (Å²) in [6.45, 7) is 2.94. The number of rotatable bonds is 5. The smallest absolute Gasteiger partial charge is 0.238 e. The van der Waals surface area contributed by atoms with Crippen molar-refractivity contribution in [3.05, 3.63) is 30.3 Å². The second-order valence-electron chi connectivity index (χ2n) is 5.92. The fraction of sp³-hybridized carbons (Fsp3) is 0.562. The topological polar surface area (TPSA) is 61.4 Å². The molecule has 20 heavy (non-hydrogen) atoms. The van der Waals surface area contributed by atoms with Crippen molar-refractivity contribution in [2.24, 2.45) is 5.92 Å². The molecule has 3 N–H and O–H groups in total. The summed E-state index contributed by atoms with van der Waals surface area (Å²) >= 11 is 0. The molecule has 1 aliphatic carbocycles. The van der Waals surface area contributed by atoms with Gasteiger partial charge in [0.15, 0.2) is 0 Å². The van der Waals surface area contributed by atoms with E-state index in [1.54, 1.807) is 0 Å². The van der Waals surface area contributed by atoms with Crippen LogP contribution in [0.4, 0.5) is 5.69 Å². The van der Waals surface area contributed by atoms with Gasteiger partial charge in [0.05, 0.1) is 12.1 Å². The molecular formula is C16H24N2O2. The molecule has 4 heteroatoms. The van der Waals surface area contributed by atoms with Crippen LogP contribution < -0.4 is 10.6 Å². The zero-order chi connectivity index (χ0) is 14.4. The number of hydrogen-bond donors (Lipinski definition) is 3. The number of carbonyl (C=O) groups is 1. The standard InChI is InChI=1S/C16H24N2O2/c1-13-7-9-16(20,10-8-13)12-17-11-15(19)18-14-5-3-2-4-6-14/h2-6,13,17,20H,7-12H2,1H3,(H,18,19). The lowest BCUT2D eigenvalue weighted by Gasteiger charge is -2.35. The summed E-state index contributed by atoms with van der Waals surface area (Å²) in [4.78, 5) is 11.8. The summed E-state index contributed by atoms with van der Waals surface area (Å²) in [5.41, 5.74) is 0.156. The highest BCUT2D eigenvalue weighted by Crippen LogP contribution is 2.31. The van der Waals surface area contributed by atoms with Gasteiger partial charge in [0, 0.05) is 12.2 Å². The maximum absolute atomic E-state index is 11.8. The first-order chi connectivity index (χ1) is 9.57. The molecule has 0 aromatic heterocycles. The highest BCUT2D eigenvalue weighted by Gasteiger charge is 2.31. The molecule has 0 unspecified atom stereocenters. The zero-order valence-corrected chi connectivity index (χ0v) is 12.1. The number of hydrogen-bond acceptors (Lipinski definition) is 3. The Labute approximate surface area is 120 Å². The van der Waals surface area contributed by atoms with Crippen LogP contribution in [0.1, 0.15) is 32.6 Å². The normalized spacial score (nSPS) is 26.2. The molecule has 0 atom stereocenters. The van der Waals surface area contributed by atoms with Crippen molar-refractivity contribution >= 4 is 11.6 Å². The van der Waals surface area contributed by atoms with E-state index in [-0.39, 0.29) is 12.5 Å². The Morgan fingerprint density at radius 2 is 1.95 bits per heavy atom. The molecule has 2 rings (SSSR count). The maximum atomic E-state index is 11.8. The highest BCUT2D eigenvalue weighted by molar-refractivity contribution is 5.92. The number of anilines is 1. The van der Waals surface area contributed by atoms with Crippen LogP contribution in [0.15, 0.2) is 30.3 Å². The van der Waals surface area contributed by atoms with E-state index < -0.39 is 5.60 Å². The number of nitrogens with one attached hydrogen (secondary N) is 2. The van der Waals surface area contributed by atoms with Crippen LogP contribution in [-0.2, 0) is 4.79 Å². The Hall–Kier alpha value is -1.39. The Bertz CT molecular complexity index is 425. The minimum absolute atomic E-state index is 0.0797. The molecule has 0 spiro atoms. The van der Waals surface area contributed by atoms with Crippen LogP contribution in [0.25, 0.3) is 0 Å². The summed E-state index contributed by atoms with van der Waals surface area (Å²) < 4.78 is 0. The van der Waals surface area contributed by atoms with Gasteiger partial charge in [-0.15, -0.1) is 0 Å². The molecule has 1 aromatic carbocycles. The van der Waals surface area contributed by atoms with Crippen LogP contribution >= 0.6 is 0 Å². The van der Waals surface area contributed by atoms with Crippen molar-refractivity contribution in [3.63, 3.8) is 0 Å². The Balaban J connectivity index is 1.69. The summed E-state index contributed by atoms with van der Waals surface area (Å²) in [5.74, 6) is 0.626. The van der Waals surface area contributed by atoms with E-state index in [9.17, 15) is 9.90 Å². The first kappa shape index (κ1) is 15.0. The lowest BCUT2D eigenvalue weighted by molar-refractivity contribution is -0.115. The van der Waals surface area contributed by atoms with Crippen molar-refractivity contribution < 1.29 is 9.90 Å². The van der Waals surface area contributed by atoms with Crippen LogP contribution in [-0.4, -0.2) is 29.7 Å². The molecule has 0 bridgehead atoms. The van der Waals surface area contributed by atoms with Gasteiger partial charge in [-0.05, 0) is 43.7 Å². The largest absolute Gasteiger partial charge is 0.389 e. The van der Waals surface area contributed by atoms with E-state index in [1.807, 2.05) is 30.3 Å². The van der Waals surface area contributed by atoms with E-state index in [2.05, 4.69) is 17.6 Å². The van der Waals surface area contributed by atoms with Crippen LogP contribution in [0.2, 0.25) is 0 Å². The van der Waals surface area contributed by atoms with E-state index in [0.717, 1.165) is 31.4 Å². The number of para-hydroxylation sites is 1. The SMILES string of the molecule is CC1CCC(O)(CNCC(=O)Nc2ccccc2)CC1. The second-order valence-corrected chi connectivity index (χ2v) is 5.92. The molecule has 1 aliphatic rings. The van der Waals surface area contributed by atoms with Gasteiger partial charge in [0.25, 0.3) is 0 Å².